The number of para-hydroxylation sites is 2. The largest absolute Gasteiger partial charge is 0.493 e. The van der Waals surface area contributed by atoms with E-state index in [0.29, 0.717) is 18.5 Å². The molecule has 178 valence electrons. The van der Waals surface area contributed by atoms with Gasteiger partial charge in [0.05, 0.1) is 20.2 Å². The molecule has 7 nitrogen and oxygen atoms in total. The second-order valence-electron chi connectivity index (χ2n) is 8.33. The van der Waals surface area contributed by atoms with Crippen molar-refractivity contribution in [1.82, 2.24) is 20.4 Å². The number of halogens is 1. The molecule has 0 bridgehead atoms. The SMILES string of the molecule is CCNC(=NCC(C(C)C)N1CCN(C)CC1)NCC(C)Oc1ccccc1OC.I. The van der Waals surface area contributed by atoms with E-state index >= 15 is 0 Å². The Morgan fingerprint density at radius 3 is 2.29 bits per heavy atom. The normalized spacial score (nSPS) is 17.6. The van der Waals surface area contributed by atoms with Gasteiger partial charge in [0.15, 0.2) is 17.5 Å². The summed E-state index contributed by atoms with van der Waals surface area (Å²) >= 11 is 0. The van der Waals surface area contributed by atoms with Crippen LogP contribution < -0.4 is 20.1 Å². The summed E-state index contributed by atoms with van der Waals surface area (Å²) in [5, 5.41) is 6.79. The minimum absolute atomic E-state index is 0. The molecule has 2 rings (SSSR count). The van der Waals surface area contributed by atoms with Crippen molar-refractivity contribution in [1.29, 1.82) is 0 Å². The minimum atomic E-state index is -0.0244. The number of hydrogen-bond donors (Lipinski definition) is 2. The highest BCUT2D eigenvalue weighted by Gasteiger charge is 2.24. The first-order valence-corrected chi connectivity index (χ1v) is 11.2. The van der Waals surface area contributed by atoms with Crippen molar-refractivity contribution in [2.45, 2.75) is 39.8 Å². The molecule has 1 saturated heterocycles. The third kappa shape index (κ3) is 9.41. The fraction of sp³-hybridized carbons (Fsp3) is 0.696. The zero-order valence-electron chi connectivity index (χ0n) is 20.1. The number of nitrogens with zero attached hydrogens (tertiary/aromatic N) is 3. The lowest BCUT2D eigenvalue weighted by Gasteiger charge is -2.39. The third-order valence-electron chi connectivity index (χ3n) is 5.51. The second-order valence-corrected chi connectivity index (χ2v) is 8.33. The summed E-state index contributed by atoms with van der Waals surface area (Å²) < 4.78 is 11.4. The average Bonchev–Trinajstić information content (AvgIpc) is 2.73. The maximum absolute atomic E-state index is 6.05. The molecular weight excluding hydrogens is 505 g/mol. The highest BCUT2D eigenvalue weighted by atomic mass is 127. The van der Waals surface area contributed by atoms with Crippen LogP contribution in [0.15, 0.2) is 29.3 Å². The van der Waals surface area contributed by atoms with E-state index in [1.807, 2.05) is 31.2 Å². The van der Waals surface area contributed by atoms with Crippen molar-refractivity contribution in [3.63, 3.8) is 0 Å². The Balaban J connectivity index is 0.00000480. The molecule has 31 heavy (non-hydrogen) atoms. The van der Waals surface area contributed by atoms with Gasteiger partial charge in [-0.2, -0.15) is 0 Å². The van der Waals surface area contributed by atoms with Gasteiger partial charge in [-0.15, -0.1) is 24.0 Å². The Labute approximate surface area is 206 Å². The highest BCUT2D eigenvalue weighted by Crippen LogP contribution is 2.26. The van der Waals surface area contributed by atoms with Gasteiger partial charge in [0.2, 0.25) is 0 Å². The van der Waals surface area contributed by atoms with Gasteiger partial charge in [-0.3, -0.25) is 9.89 Å². The van der Waals surface area contributed by atoms with E-state index in [-0.39, 0.29) is 30.1 Å². The molecule has 2 atom stereocenters. The van der Waals surface area contributed by atoms with E-state index in [9.17, 15) is 0 Å². The van der Waals surface area contributed by atoms with Crippen molar-refractivity contribution in [2.24, 2.45) is 10.9 Å². The van der Waals surface area contributed by atoms with Gasteiger partial charge in [-0.25, -0.2) is 0 Å². The van der Waals surface area contributed by atoms with Gasteiger partial charge in [-0.1, -0.05) is 26.0 Å². The number of rotatable bonds is 10. The smallest absolute Gasteiger partial charge is 0.191 e. The Morgan fingerprint density at radius 2 is 1.71 bits per heavy atom. The van der Waals surface area contributed by atoms with Crippen molar-refractivity contribution in [3.8, 4) is 11.5 Å². The third-order valence-corrected chi connectivity index (χ3v) is 5.51. The number of hydrogen-bond acceptors (Lipinski definition) is 5. The maximum atomic E-state index is 6.05. The summed E-state index contributed by atoms with van der Waals surface area (Å²) in [5.74, 6) is 2.91. The summed E-state index contributed by atoms with van der Waals surface area (Å²) in [5.41, 5.74) is 0. The number of benzene rings is 1. The van der Waals surface area contributed by atoms with Crippen LogP contribution in [0.1, 0.15) is 27.7 Å². The van der Waals surface area contributed by atoms with Crippen LogP contribution in [0, 0.1) is 5.92 Å². The molecule has 1 aliphatic heterocycles. The van der Waals surface area contributed by atoms with E-state index in [0.717, 1.165) is 56.7 Å². The average molecular weight is 548 g/mol. The zero-order chi connectivity index (χ0) is 21.9. The molecule has 0 aliphatic carbocycles. The number of guanidine groups is 1. The second kappa shape index (κ2) is 14.7. The number of likely N-dealkylation sites (N-methyl/N-ethyl adjacent to an activating group) is 1. The minimum Gasteiger partial charge on any atom is -0.493 e. The number of nitrogens with one attached hydrogen (secondary N) is 2. The van der Waals surface area contributed by atoms with Crippen LogP contribution in [0.5, 0.6) is 11.5 Å². The molecule has 1 aromatic carbocycles. The lowest BCUT2D eigenvalue weighted by atomic mass is 10.0. The molecule has 8 heteroatoms. The van der Waals surface area contributed by atoms with E-state index in [1.165, 1.54) is 0 Å². The number of methoxy groups -OCH3 is 1. The van der Waals surface area contributed by atoms with Crippen molar-refractivity contribution >= 4 is 29.9 Å². The van der Waals surface area contributed by atoms with Gasteiger partial charge in [0, 0.05) is 38.8 Å². The summed E-state index contributed by atoms with van der Waals surface area (Å²) in [6.07, 6.45) is -0.0244. The zero-order valence-corrected chi connectivity index (χ0v) is 22.4. The predicted molar refractivity (Wildman–Crippen MR) is 140 cm³/mol. The van der Waals surface area contributed by atoms with Crippen LogP contribution in [-0.2, 0) is 0 Å². The van der Waals surface area contributed by atoms with Crippen LogP contribution >= 0.6 is 24.0 Å². The molecule has 1 fully saturated rings. The quantitative estimate of drug-likeness (QED) is 0.267. The molecule has 2 N–H and O–H groups in total. The summed E-state index contributed by atoms with van der Waals surface area (Å²) in [6, 6.07) is 8.18. The first kappa shape index (κ1) is 27.8. The Bertz CT molecular complexity index is 651. The maximum Gasteiger partial charge on any atom is 0.191 e. The van der Waals surface area contributed by atoms with Crippen molar-refractivity contribution in [2.75, 3.05) is 60.0 Å². The van der Waals surface area contributed by atoms with Crippen LogP contribution in [0.2, 0.25) is 0 Å². The number of aliphatic imine (C=N–C) groups is 1. The van der Waals surface area contributed by atoms with E-state index in [4.69, 9.17) is 14.5 Å². The number of piperazine rings is 1. The summed E-state index contributed by atoms with van der Waals surface area (Å²) in [6.45, 7) is 15.5. The Hall–Kier alpha value is -1.26. The molecule has 1 aromatic rings. The first-order chi connectivity index (χ1) is 14.4. The molecule has 0 amide bonds. The lowest BCUT2D eigenvalue weighted by molar-refractivity contribution is 0.0925. The molecule has 1 heterocycles. The summed E-state index contributed by atoms with van der Waals surface area (Å²) in [4.78, 5) is 9.88. The molecule has 1 aliphatic rings. The van der Waals surface area contributed by atoms with Gasteiger partial charge < -0.3 is 25.0 Å². The molecule has 0 saturated carbocycles. The topological polar surface area (TPSA) is 61.4 Å². The molecular formula is C23H42IN5O2. The lowest BCUT2D eigenvalue weighted by Crippen LogP contribution is -2.52. The summed E-state index contributed by atoms with van der Waals surface area (Å²) in [7, 11) is 3.86. The fourth-order valence-corrected chi connectivity index (χ4v) is 3.64. The van der Waals surface area contributed by atoms with E-state index in [1.54, 1.807) is 7.11 Å². The van der Waals surface area contributed by atoms with Crippen LogP contribution in [0.4, 0.5) is 0 Å². The first-order valence-electron chi connectivity index (χ1n) is 11.2. The van der Waals surface area contributed by atoms with Crippen molar-refractivity contribution in [3.05, 3.63) is 24.3 Å². The monoisotopic (exact) mass is 547 g/mol. The van der Waals surface area contributed by atoms with Crippen LogP contribution in [-0.4, -0.2) is 87.9 Å². The Kier molecular flexibility index (Phi) is 13.2. The highest BCUT2D eigenvalue weighted by molar-refractivity contribution is 14.0. The van der Waals surface area contributed by atoms with Gasteiger partial charge in [-0.05, 0) is 38.9 Å². The Morgan fingerprint density at radius 1 is 1.06 bits per heavy atom. The predicted octanol–water partition coefficient (Wildman–Crippen LogP) is 2.91. The van der Waals surface area contributed by atoms with Crippen LogP contribution in [0.25, 0.3) is 0 Å². The van der Waals surface area contributed by atoms with Gasteiger partial charge >= 0.3 is 0 Å². The molecule has 2 unspecified atom stereocenters. The number of ether oxygens (including phenoxy) is 2. The molecule has 0 spiro atoms. The molecule has 0 aromatic heterocycles. The van der Waals surface area contributed by atoms with Crippen LogP contribution in [0.3, 0.4) is 0 Å². The van der Waals surface area contributed by atoms with Crippen molar-refractivity contribution < 1.29 is 9.47 Å². The van der Waals surface area contributed by atoms with Gasteiger partial charge in [0.1, 0.15) is 6.10 Å². The van der Waals surface area contributed by atoms with E-state index < -0.39 is 0 Å². The fourth-order valence-electron chi connectivity index (χ4n) is 3.64. The van der Waals surface area contributed by atoms with E-state index in [2.05, 4.69) is 48.3 Å². The molecule has 0 radical (unpaired) electrons. The standard InChI is InChI=1S/C23H41N5O2.HI/c1-7-24-23(25-16-19(4)30-22-11-9-8-10-21(22)29-6)26-17-20(18(2)3)28-14-12-27(5)13-15-28;/h8-11,18-20H,7,12-17H2,1-6H3,(H2,24,25,26);1H. The van der Waals surface area contributed by atoms with Gasteiger partial charge in [0.25, 0.3) is 0 Å².